The molecule has 0 amide bonds. The number of phenols is 1. The fourth-order valence-electron chi connectivity index (χ4n) is 4.90. The third-order valence-electron chi connectivity index (χ3n) is 6.08. The molecule has 0 aliphatic heterocycles. The number of fused-ring (bicyclic) bond motifs is 2. The van der Waals surface area contributed by atoms with Gasteiger partial charge in [-0.3, -0.25) is 0 Å². The monoisotopic (exact) mass is 286 g/mol. The lowest BCUT2D eigenvalue weighted by molar-refractivity contribution is 0.282. The van der Waals surface area contributed by atoms with E-state index >= 15 is 0 Å². The van der Waals surface area contributed by atoms with E-state index in [1.807, 2.05) is 13.0 Å². The summed E-state index contributed by atoms with van der Waals surface area (Å²) in [7, 11) is 0. The third-order valence-corrected chi connectivity index (χ3v) is 6.08. The smallest absolute Gasteiger partial charge is 0.118 e. The Kier molecular flexibility index (Phi) is 4.57. The van der Waals surface area contributed by atoms with Gasteiger partial charge in [0.1, 0.15) is 5.75 Å². The van der Waals surface area contributed by atoms with Gasteiger partial charge in [-0.05, 0) is 67.1 Å². The summed E-state index contributed by atoms with van der Waals surface area (Å²) in [6.45, 7) is 4.31. The molecule has 21 heavy (non-hydrogen) atoms. The predicted molar refractivity (Wildman–Crippen MR) is 88.7 cm³/mol. The van der Waals surface area contributed by atoms with E-state index in [0.717, 1.165) is 29.2 Å². The summed E-state index contributed by atoms with van der Waals surface area (Å²) >= 11 is 0. The molecular weight excluding hydrogens is 256 g/mol. The molecule has 0 aromatic heterocycles. The summed E-state index contributed by atoms with van der Waals surface area (Å²) in [5.74, 6) is 4.11. The summed E-state index contributed by atoms with van der Waals surface area (Å²) in [6, 6.07) is 6.26. The van der Waals surface area contributed by atoms with Crippen molar-refractivity contribution in [1.29, 1.82) is 0 Å². The van der Waals surface area contributed by atoms with E-state index in [1.165, 1.54) is 56.9 Å². The van der Waals surface area contributed by atoms with Gasteiger partial charge in [-0.15, -0.1) is 0 Å². The molecule has 2 bridgehead atoms. The topological polar surface area (TPSA) is 20.2 Å². The second-order valence-electron chi connectivity index (χ2n) is 7.49. The van der Waals surface area contributed by atoms with Crippen molar-refractivity contribution in [1.82, 2.24) is 0 Å². The standard InChI is InChI=1S/C20H30O/c1-3-4-5-6-7-15-11-18-12-17(15)13-19(18)16-8-9-20(21)14(2)10-16/h8-10,15,17-19,21H,3-7,11-13H2,1-2H3. The molecule has 0 spiro atoms. The molecule has 1 aromatic rings. The van der Waals surface area contributed by atoms with E-state index in [0.29, 0.717) is 5.75 Å². The van der Waals surface area contributed by atoms with Crippen LogP contribution < -0.4 is 0 Å². The van der Waals surface area contributed by atoms with Gasteiger partial charge in [0.05, 0.1) is 0 Å². The number of hydrogen-bond donors (Lipinski definition) is 1. The van der Waals surface area contributed by atoms with Crippen LogP contribution >= 0.6 is 0 Å². The summed E-state index contributed by atoms with van der Waals surface area (Å²) < 4.78 is 0. The van der Waals surface area contributed by atoms with Crippen LogP contribution in [0.4, 0.5) is 0 Å². The number of rotatable bonds is 6. The molecule has 2 fully saturated rings. The van der Waals surface area contributed by atoms with Crippen molar-refractivity contribution < 1.29 is 5.11 Å². The zero-order valence-corrected chi connectivity index (χ0v) is 13.6. The molecule has 1 N–H and O–H groups in total. The molecule has 116 valence electrons. The normalized spacial score (nSPS) is 31.0. The van der Waals surface area contributed by atoms with Gasteiger partial charge in [0.15, 0.2) is 0 Å². The van der Waals surface area contributed by atoms with Gasteiger partial charge in [0.25, 0.3) is 0 Å². The van der Waals surface area contributed by atoms with Gasteiger partial charge in [0.2, 0.25) is 0 Å². The maximum atomic E-state index is 9.70. The average molecular weight is 286 g/mol. The fourth-order valence-corrected chi connectivity index (χ4v) is 4.90. The van der Waals surface area contributed by atoms with Gasteiger partial charge >= 0.3 is 0 Å². The zero-order valence-electron chi connectivity index (χ0n) is 13.6. The molecule has 1 nitrogen and oxygen atoms in total. The summed E-state index contributed by atoms with van der Waals surface area (Å²) in [5.41, 5.74) is 2.51. The molecule has 3 rings (SSSR count). The van der Waals surface area contributed by atoms with Crippen molar-refractivity contribution in [2.24, 2.45) is 17.8 Å². The van der Waals surface area contributed by atoms with Crippen molar-refractivity contribution in [2.75, 3.05) is 0 Å². The lowest BCUT2D eigenvalue weighted by Gasteiger charge is -2.28. The van der Waals surface area contributed by atoms with Crippen LogP contribution in [-0.2, 0) is 0 Å². The summed E-state index contributed by atoms with van der Waals surface area (Å²) in [6.07, 6.45) is 11.4. The van der Waals surface area contributed by atoms with E-state index in [2.05, 4.69) is 19.1 Å². The van der Waals surface area contributed by atoms with Crippen LogP contribution in [0.25, 0.3) is 0 Å². The molecule has 1 aromatic carbocycles. The largest absolute Gasteiger partial charge is 0.508 e. The van der Waals surface area contributed by atoms with E-state index in [9.17, 15) is 5.11 Å². The first-order valence-corrected chi connectivity index (χ1v) is 8.98. The second-order valence-corrected chi connectivity index (χ2v) is 7.49. The lowest BCUT2D eigenvalue weighted by atomic mass is 9.77. The highest BCUT2D eigenvalue weighted by molar-refractivity contribution is 5.37. The van der Waals surface area contributed by atoms with Crippen LogP contribution in [0.5, 0.6) is 5.75 Å². The van der Waals surface area contributed by atoms with Crippen molar-refractivity contribution in [2.45, 2.75) is 71.1 Å². The first-order chi connectivity index (χ1) is 10.2. The third kappa shape index (κ3) is 3.12. The molecule has 4 atom stereocenters. The van der Waals surface area contributed by atoms with Gasteiger partial charge in [-0.2, -0.15) is 0 Å². The Bertz CT molecular complexity index is 479. The van der Waals surface area contributed by atoms with Crippen LogP contribution in [0, 0.1) is 24.7 Å². The summed E-state index contributed by atoms with van der Waals surface area (Å²) in [4.78, 5) is 0. The molecule has 2 aliphatic rings. The molecule has 0 radical (unpaired) electrons. The predicted octanol–water partition coefficient (Wildman–Crippen LogP) is 5.80. The van der Waals surface area contributed by atoms with E-state index in [-0.39, 0.29) is 0 Å². The minimum Gasteiger partial charge on any atom is -0.508 e. The highest BCUT2D eigenvalue weighted by Gasteiger charge is 2.45. The number of unbranched alkanes of at least 4 members (excludes halogenated alkanes) is 3. The number of hydrogen-bond acceptors (Lipinski definition) is 1. The van der Waals surface area contributed by atoms with Gasteiger partial charge < -0.3 is 5.11 Å². The summed E-state index contributed by atoms with van der Waals surface area (Å²) in [5, 5.41) is 9.70. The van der Waals surface area contributed by atoms with Crippen LogP contribution in [0.15, 0.2) is 18.2 Å². The zero-order chi connectivity index (χ0) is 14.8. The van der Waals surface area contributed by atoms with Gasteiger partial charge in [0, 0.05) is 0 Å². The Hall–Kier alpha value is -0.980. The molecule has 2 aliphatic carbocycles. The first kappa shape index (κ1) is 14.9. The van der Waals surface area contributed by atoms with Gasteiger partial charge in [-0.25, -0.2) is 0 Å². The highest BCUT2D eigenvalue weighted by atomic mass is 16.3. The fraction of sp³-hybridized carbons (Fsp3) is 0.700. The molecule has 2 saturated carbocycles. The van der Waals surface area contributed by atoms with E-state index in [1.54, 1.807) is 0 Å². The van der Waals surface area contributed by atoms with Crippen molar-refractivity contribution in [3.05, 3.63) is 29.3 Å². The van der Waals surface area contributed by atoms with Crippen molar-refractivity contribution in [3.63, 3.8) is 0 Å². The number of aromatic hydroxyl groups is 1. The molecule has 1 heteroatoms. The molecule has 4 unspecified atom stereocenters. The van der Waals surface area contributed by atoms with Crippen molar-refractivity contribution >= 4 is 0 Å². The maximum absolute atomic E-state index is 9.70. The van der Waals surface area contributed by atoms with Gasteiger partial charge in [-0.1, -0.05) is 51.2 Å². The van der Waals surface area contributed by atoms with Crippen LogP contribution in [0.3, 0.4) is 0 Å². The quantitative estimate of drug-likeness (QED) is 0.655. The molecule has 0 saturated heterocycles. The minimum atomic E-state index is 0.440. The Morgan fingerprint density at radius 3 is 2.57 bits per heavy atom. The van der Waals surface area contributed by atoms with E-state index in [4.69, 9.17) is 0 Å². The Labute approximate surface area is 129 Å². The van der Waals surface area contributed by atoms with Crippen LogP contribution in [-0.4, -0.2) is 5.11 Å². The first-order valence-electron chi connectivity index (χ1n) is 8.98. The number of benzene rings is 1. The van der Waals surface area contributed by atoms with Crippen LogP contribution in [0.2, 0.25) is 0 Å². The van der Waals surface area contributed by atoms with E-state index < -0.39 is 0 Å². The Morgan fingerprint density at radius 1 is 1.05 bits per heavy atom. The van der Waals surface area contributed by atoms with Crippen molar-refractivity contribution in [3.8, 4) is 5.75 Å². The Balaban J connectivity index is 1.56. The SMILES string of the molecule is CCCCCCC1CC2CC1CC2c1ccc(O)c(C)c1. The lowest BCUT2D eigenvalue weighted by Crippen LogP contribution is -2.16. The average Bonchev–Trinajstić information content (AvgIpc) is 3.06. The maximum Gasteiger partial charge on any atom is 0.118 e. The Morgan fingerprint density at radius 2 is 1.90 bits per heavy atom. The second kappa shape index (κ2) is 6.42. The highest BCUT2D eigenvalue weighted by Crippen LogP contribution is 2.57. The number of aryl methyl sites for hydroxylation is 1. The molecule has 0 heterocycles. The number of phenolic OH excluding ortho intramolecular Hbond substituents is 1. The molecular formula is C20H30O. The minimum absolute atomic E-state index is 0.440. The van der Waals surface area contributed by atoms with Crippen LogP contribution in [0.1, 0.15) is 75.3 Å².